The molecule has 2 atom stereocenters. The molecular formula is C11H14ClN5. The fourth-order valence-corrected chi connectivity index (χ4v) is 2.47. The van der Waals surface area contributed by atoms with Gasteiger partial charge in [0, 0.05) is 29.2 Å². The van der Waals surface area contributed by atoms with Crippen LogP contribution in [0.2, 0.25) is 0 Å². The molecule has 6 heteroatoms. The molecule has 1 aliphatic carbocycles. The molecule has 0 radical (unpaired) electrons. The molecule has 5 nitrogen and oxygen atoms in total. The van der Waals surface area contributed by atoms with Gasteiger partial charge in [-0.2, -0.15) is 0 Å². The lowest BCUT2D eigenvalue weighted by molar-refractivity contribution is 0.168. The van der Waals surface area contributed by atoms with E-state index >= 15 is 0 Å². The van der Waals surface area contributed by atoms with Crippen LogP contribution in [0.25, 0.3) is 5.65 Å². The largest absolute Gasteiger partial charge is 0.364 e. The summed E-state index contributed by atoms with van der Waals surface area (Å²) in [7, 11) is 0. The van der Waals surface area contributed by atoms with Crippen molar-refractivity contribution in [1.82, 2.24) is 19.6 Å². The molecular weight excluding hydrogens is 238 g/mol. The lowest BCUT2D eigenvalue weighted by atomic mass is 9.67. The molecule has 0 aromatic carbocycles. The van der Waals surface area contributed by atoms with Gasteiger partial charge in [0.2, 0.25) is 5.65 Å². The molecule has 0 aliphatic heterocycles. The van der Waals surface area contributed by atoms with Gasteiger partial charge in [0.15, 0.2) is 5.82 Å². The minimum atomic E-state index is 0.0795. The molecule has 0 amide bonds. The molecule has 0 bridgehead atoms. The van der Waals surface area contributed by atoms with Crippen molar-refractivity contribution in [2.75, 3.05) is 5.32 Å². The normalized spacial score (nSPS) is 26.8. The maximum atomic E-state index is 6.21. The molecule has 1 fully saturated rings. The van der Waals surface area contributed by atoms with Gasteiger partial charge in [0.1, 0.15) is 6.33 Å². The van der Waals surface area contributed by atoms with Gasteiger partial charge < -0.3 is 5.32 Å². The number of hydrogen-bond donors (Lipinski definition) is 1. The van der Waals surface area contributed by atoms with Crippen LogP contribution in [0.4, 0.5) is 5.82 Å². The third kappa shape index (κ3) is 1.57. The van der Waals surface area contributed by atoms with Crippen molar-refractivity contribution in [1.29, 1.82) is 0 Å². The van der Waals surface area contributed by atoms with Crippen molar-refractivity contribution >= 4 is 23.1 Å². The maximum Gasteiger partial charge on any atom is 0.203 e. The van der Waals surface area contributed by atoms with E-state index in [0.29, 0.717) is 6.04 Å². The monoisotopic (exact) mass is 251 g/mol. The van der Waals surface area contributed by atoms with Crippen LogP contribution >= 0.6 is 11.6 Å². The molecule has 1 N–H and O–H groups in total. The topological polar surface area (TPSA) is 55.1 Å². The Labute approximate surface area is 104 Å². The van der Waals surface area contributed by atoms with Gasteiger partial charge in [-0.3, -0.25) is 4.40 Å². The average Bonchev–Trinajstić information content (AvgIpc) is 2.77. The van der Waals surface area contributed by atoms with Crippen LogP contribution in [0.3, 0.4) is 0 Å². The van der Waals surface area contributed by atoms with Crippen molar-refractivity contribution < 1.29 is 0 Å². The number of aromatic nitrogens is 4. The highest BCUT2D eigenvalue weighted by molar-refractivity contribution is 6.21. The Morgan fingerprint density at radius 3 is 3.06 bits per heavy atom. The number of hydrogen-bond acceptors (Lipinski definition) is 4. The number of rotatable bonds is 2. The highest BCUT2D eigenvalue weighted by Gasteiger charge is 2.47. The fourth-order valence-electron chi connectivity index (χ4n) is 2.14. The van der Waals surface area contributed by atoms with Crippen LogP contribution < -0.4 is 5.32 Å². The molecule has 17 heavy (non-hydrogen) atoms. The first kappa shape index (κ1) is 10.8. The van der Waals surface area contributed by atoms with Crippen LogP contribution in [-0.4, -0.2) is 31.0 Å². The second-order valence-electron chi connectivity index (χ2n) is 5.06. The predicted octanol–water partition coefficient (Wildman–Crippen LogP) is 1.94. The Balaban J connectivity index is 1.89. The molecule has 0 spiro atoms. The van der Waals surface area contributed by atoms with Crippen molar-refractivity contribution in [3.63, 3.8) is 0 Å². The van der Waals surface area contributed by atoms with Gasteiger partial charge in [0.05, 0.1) is 0 Å². The lowest BCUT2D eigenvalue weighted by Crippen LogP contribution is -2.54. The molecule has 2 aromatic rings. The summed E-state index contributed by atoms with van der Waals surface area (Å²) in [6.07, 6.45) is 6.18. The van der Waals surface area contributed by atoms with E-state index in [1.165, 1.54) is 0 Å². The summed E-state index contributed by atoms with van der Waals surface area (Å²) in [5, 5.41) is 11.6. The Morgan fingerprint density at radius 2 is 2.35 bits per heavy atom. The van der Waals surface area contributed by atoms with Crippen LogP contribution in [0.5, 0.6) is 0 Å². The van der Waals surface area contributed by atoms with Crippen molar-refractivity contribution in [2.45, 2.75) is 31.7 Å². The van der Waals surface area contributed by atoms with Crippen molar-refractivity contribution in [3.05, 3.63) is 18.7 Å². The summed E-state index contributed by atoms with van der Waals surface area (Å²) < 4.78 is 1.85. The van der Waals surface area contributed by atoms with E-state index in [9.17, 15) is 0 Å². The molecule has 2 aromatic heterocycles. The van der Waals surface area contributed by atoms with Gasteiger partial charge >= 0.3 is 0 Å². The summed E-state index contributed by atoms with van der Waals surface area (Å²) in [5.41, 5.74) is 0.831. The van der Waals surface area contributed by atoms with Crippen LogP contribution in [0.1, 0.15) is 20.3 Å². The average molecular weight is 252 g/mol. The summed E-state index contributed by atoms with van der Waals surface area (Å²) in [5.74, 6) is 0.770. The van der Waals surface area contributed by atoms with E-state index in [4.69, 9.17) is 11.6 Å². The van der Waals surface area contributed by atoms with Crippen LogP contribution in [-0.2, 0) is 0 Å². The number of fused-ring (bicyclic) bond motifs is 1. The Hall–Kier alpha value is -1.36. The van der Waals surface area contributed by atoms with Gasteiger partial charge in [-0.1, -0.05) is 13.8 Å². The summed E-state index contributed by atoms with van der Waals surface area (Å²) in [6, 6.07) is 0.334. The first-order valence-electron chi connectivity index (χ1n) is 5.64. The number of nitrogens with one attached hydrogen (secondary N) is 1. The highest BCUT2D eigenvalue weighted by atomic mass is 35.5. The van der Waals surface area contributed by atoms with Crippen molar-refractivity contribution in [2.24, 2.45) is 5.41 Å². The third-order valence-electron chi connectivity index (χ3n) is 3.67. The first-order chi connectivity index (χ1) is 8.09. The Bertz CT molecular complexity index is 550. The summed E-state index contributed by atoms with van der Waals surface area (Å²) in [6.45, 7) is 4.32. The molecule has 90 valence electrons. The Kier molecular flexibility index (Phi) is 2.26. The minimum absolute atomic E-state index is 0.0795. The summed E-state index contributed by atoms with van der Waals surface area (Å²) in [4.78, 5) is 4.31. The number of anilines is 1. The lowest BCUT2D eigenvalue weighted by Gasteiger charge is -2.49. The van der Waals surface area contributed by atoms with Gasteiger partial charge in [0.25, 0.3) is 0 Å². The fraction of sp³-hybridized carbons (Fsp3) is 0.545. The van der Waals surface area contributed by atoms with E-state index in [-0.39, 0.29) is 10.8 Å². The van der Waals surface area contributed by atoms with E-state index in [0.717, 1.165) is 17.9 Å². The van der Waals surface area contributed by atoms with Crippen LogP contribution in [0, 0.1) is 5.41 Å². The SMILES string of the molecule is CC1(C)C(Cl)CC1Nc1nccn2cnnc12. The van der Waals surface area contributed by atoms with E-state index in [1.807, 2.05) is 10.6 Å². The second kappa shape index (κ2) is 3.57. The van der Waals surface area contributed by atoms with Gasteiger partial charge in [-0.25, -0.2) is 4.98 Å². The predicted molar refractivity (Wildman–Crippen MR) is 66.2 cm³/mol. The number of nitrogens with zero attached hydrogens (tertiary/aromatic N) is 4. The van der Waals surface area contributed by atoms with E-state index in [1.54, 1.807) is 12.5 Å². The zero-order valence-corrected chi connectivity index (χ0v) is 10.5. The third-order valence-corrected chi connectivity index (χ3v) is 4.42. The zero-order chi connectivity index (χ0) is 12.0. The molecule has 1 aliphatic rings. The number of halogens is 1. The minimum Gasteiger partial charge on any atom is -0.364 e. The highest BCUT2D eigenvalue weighted by Crippen LogP contribution is 2.45. The molecule has 3 rings (SSSR count). The standard InChI is InChI=1S/C11H14ClN5/c1-11(2)7(12)5-8(11)15-9-10-16-14-6-17(10)4-3-13-9/h3-4,6-8H,5H2,1-2H3,(H,13,15). The Morgan fingerprint density at radius 1 is 1.53 bits per heavy atom. The zero-order valence-electron chi connectivity index (χ0n) is 9.76. The van der Waals surface area contributed by atoms with Crippen molar-refractivity contribution in [3.8, 4) is 0 Å². The van der Waals surface area contributed by atoms with E-state index in [2.05, 4.69) is 34.3 Å². The van der Waals surface area contributed by atoms with Gasteiger partial charge in [-0.05, 0) is 6.42 Å². The quantitative estimate of drug-likeness (QED) is 0.829. The maximum absolute atomic E-state index is 6.21. The van der Waals surface area contributed by atoms with Gasteiger partial charge in [-0.15, -0.1) is 21.8 Å². The molecule has 0 saturated heterocycles. The second-order valence-corrected chi connectivity index (χ2v) is 5.59. The smallest absolute Gasteiger partial charge is 0.203 e. The first-order valence-corrected chi connectivity index (χ1v) is 6.07. The molecule has 2 unspecified atom stereocenters. The van der Waals surface area contributed by atoms with E-state index < -0.39 is 0 Å². The van der Waals surface area contributed by atoms with Crippen LogP contribution in [0.15, 0.2) is 18.7 Å². The summed E-state index contributed by atoms with van der Waals surface area (Å²) >= 11 is 6.21. The number of alkyl halides is 1. The molecule has 2 heterocycles. The molecule has 1 saturated carbocycles.